The first-order chi connectivity index (χ1) is 11.2. The lowest BCUT2D eigenvalue weighted by atomic mass is 10.1. The zero-order chi connectivity index (χ0) is 17.9. The van der Waals surface area contributed by atoms with Crippen molar-refractivity contribution in [3.05, 3.63) is 63.6 Å². The lowest BCUT2D eigenvalue weighted by molar-refractivity contribution is 0.0942. The molecule has 0 aliphatic carbocycles. The zero-order valence-electron chi connectivity index (χ0n) is 13.0. The Morgan fingerprint density at radius 3 is 2.29 bits per heavy atom. The lowest BCUT2D eigenvalue weighted by Crippen LogP contribution is -2.49. The monoisotopic (exact) mass is 448 g/mol. The molecule has 0 spiro atoms. The van der Waals surface area contributed by atoms with Crippen LogP contribution in [0, 0.1) is 13.8 Å². The quantitative estimate of drug-likeness (QED) is 0.470. The minimum atomic E-state index is -1.72. The molecule has 2 N–H and O–H groups in total. The molecule has 0 aliphatic rings. The number of alkyl halides is 3. The van der Waals surface area contributed by atoms with Gasteiger partial charge in [0.05, 0.1) is 0 Å². The van der Waals surface area contributed by atoms with Crippen LogP contribution in [0.4, 0.5) is 5.69 Å². The maximum atomic E-state index is 12.4. The van der Waals surface area contributed by atoms with E-state index in [1.807, 2.05) is 32.0 Å². The Hall–Kier alpha value is -0.940. The summed E-state index contributed by atoms with van der Waals surface area (Å²) in [6.45, 7) is 3.91. The molecule has 2 aromatic carbocycles. The molecule has 0 saturated heterocycles. The molecule has 1 atom stereocenters. The van der Waals surface area contributed by atoms with E-state index in [9.17, 15) is 4.79 Å². The van der Waals surface area contributed by atoms with Crippen molar-refractivity contribution < 1.29 is 4.79 Å². The van der Waals surface area contributed by atoms with Gasteiger partial charge < -0.3 is 10.6 Å². The number of hydrogen-bond donors (Lipinski definition) is 2. The van der Waals surface area contributed by atoms with Crippen LogP contribution < -0.4 is 10.6 Å². The van der Waals surface area contributed by atoms with Crippen molar-refractivity contribution in [2.75, 3.05) is 5.32 Å². The predicted molar refractivity (Wildman–Crippen MR) is 105 cm³/mol. The van der Waals surface area contributed by atoms with Gasteiger partial charge in [0.2, 0.25) is 3.79 Å². The van der Waals surface area contributed by atoms with E-state index >= 15 is 0 Å². The molecule has 3 nitrogen and oxygen atoms in total. The van der Waals surface area contributed by atoms with Gasteiger partial charge >= 0.3 is 0 Å². The molecule has 0 fully saturated rings. The van der Waals surface area contributed by atoms with E-state index in [0.717, 1.165) is 21.3 Å². The average Bonchev–Trinajstić information content (AvgIpc) is 2.49. The number of carbonyl (C=O) groups is 1. The van der Waals surface area contributed by atoms with Gasteiger partial charge in [0.25, 0.3) is 5.91 Å². The van der Waals surface area contributed by atoms with Crippen LogP contribution >= 0.6 is 50.7 Å². The molecule has 0 aromatic heterocycles. The number of anilines is 1. The standard InChI is InChI=1S/C17H16BrCl3N2O/c1-10-3-4-11(2)14(9-10)22-16(17(19,20)21)23-15(24)12-5-7-13(18)8-6-12/h3-9,16,22H,1-2H3,(H,23,24)/t16-/m1/s1. The second-order valence-corrected chi connectivity index (χ2v) is 8.70. The molecule has 0 aliphatic heterocycles. The summed E-state index contributed by atoms with van der Waals surface area (Å²) >= 11 is 21.5. The third-order valence-electron chi connectivity index (χ3n) is 3.40. The van der Waals surface area contributed by atoms with Crippen LogP contribution in [0.5, 0.6) is 0 Å². The van der Waals surface area contributed by atoms with Gasteiger partial charge in [-0.2, -0.15) is 0 Å². The highest BCUT2D eigenvalue weighted by Crippen LogP contribution is 2.32. The Balaban J connectivity index is 2.21. The Morgan fingerprint density at radius 1 is 1.08 bits per heavy atom. The van der Waals surface area contributed by atoms with E-state index in [4.69, 9.17) is 34.8 Å². The van der Waals surface area contributed by atoms with Crippen LogP contribution in [0.3, 0.4) is 0 Å². The number of amides is 1. The van der Waals surface area contributed by atoms with Gasteiger partial charge in [0, 0.05) is 15.7 Å². The minimum Gasteiger partial charge on any atom is -0.362 e. The summed E-state index contributed by atoms with van der Waals surface area (Å²) in [5.41, 5.74) is 3.31. The molecular weight excluding hydrogens is 434 g/mol. The zero-order valence-corrected chi connectivity index (χ0v) is 16.9. The van der Waals surface area contributed by atoms with Crippen LogP contribution in [-0.2, 0) is 0 Å². The summed E-state index contributed by atoms with van der Waals surface area (Å²) in [5.74, 6) is -0.336. The van der Waals surface area contributed by atoms with Crippen molar-refractivity contribution in [2.24, 2.45) is 0 Å². The minimum absolute atomic E-state index is 0.336. The number of benzene rings is 2. The maximum Gasteiger partial charge on any atom is 0.252 e. The number of nitrogens with one attached hydrogen (secondary N) is 2. The topological polar surface area (TPSA) is 41.1 Å². The van der Waals surface area contributed by atoms with E-state index in [0.29, 0.717) is 5.56 Å². The predicted octanol–water partition coefficient (Wildman–Crippen LogP) is 5.60. The van der Waals surface area contributed by atoms with Crippen molar-refractivity contribution in [1.82, 2.24) is 5.32 Å². The average molecular weight is 451 g/mol. The van der Waals surface area contributed by atoms with Crippen molar-refractivity contribution in [2.45, 2.75) is 23.8 Å². The smallest absolute Gasteiger partial charge is 0.252 e. The highest BCUT2D eigenvalue weighted by molar-refractivity contribution is 9.10. The molecular formula is C17H16BrCl3N2O. The van der Waals surface area contributed by atoms with Gasteiger partial charge in [-0.3, -0.25) is 4.79 Å². The first-order valence-corrected chi connectivity index (χ1v) is 9.06. The van der Waals surface area contributed by atoms with Crippen LogP contribution in [0.25, 0.3) is 0 Å². The second-order valence-electron chi connectivity index (χ2n) is 5.42. The van der Waals surface area contributed by atoms with E-state index in [1.54, 1.807) is 24.3 Å². The molecule has 1 amide bonds. The van der Waals surface area contributed by atoms with Crippen LogP contribution in [-0.4, -0.2) is 15.9 Å². The molecule has 2 aromatic rings. The third-order valence-corrected chi connectivity index (χ3v) is 4.59. The summed E-state index contributed by atoms with van der Waals surface area (Å²) < 4.78 is -0.841. The molecule has 2 rings (SSSR count). The normalized spacial score (nSPS) is 12.6. The summed E-state index contributed by atoms with van der Waals surface area (Å²) in [6, 6.07) is 12.8. The van der Waals surface area contributed by atoms with Gasteiger partial charge in [-0.15, -0.1) is 0 Å². The molecule has 128 valence electrons. The van der Waals surface area contributed by atoms with Crippen molar-refractivity contribution >= 4 is 62.3 Å². The SMILES string of the molecule is Cc1ccc(C)c(N[C@H](NC(=O)c2ccc(Br)cc2)C(Cl)(Cl)Cl)c1. The molecule has 0 heterocycles. The molecule has 7 heteroatoms. The van der Waals surface area contributed by atoms with Gasteiger partial charge in [-0.25, -0.2) is 0 Å². The first-order valence-electron chi connectivity index (χ1n) is 7.14. The van der Waals surface area contributed by atoms with E-state index in [1.165, 1.54) is 0 Å². The summed E-state index contributed by atoms with van der Waals surface area (Å²) in [7, 11) is 0. The largest absolute Gasteiger partial charge is 0.362 e. The van der Waals surface area contributed by atoms with E-state index in [2.05, 4.69) is 26.6 Å². The Kier molecular flexibility index (Phi) is 6.43. The fraction of sp³-hybridized carbons (Fsp3) is 0.235. The van der Waals surface area contributed by atoms with E-state index < -0.39 is 9.96 Å². The first kappa shape index (κ1) is 19.4. The number of carbonyl (C=O) groups excluding carboxylic acids is 1. The maximum absolute atomic E-state index is 12.4. The molecule has 24 heavy (non-hydrogen) atoms. The summed E-state index contributed by atoms with van der Waals surface area (Å²) in [4.78, 5) is 12.4. The van der Waals surface area contributed by atoms with Gasteiger partial charge in [-0.05, 0) is 55.3 Å². The third kappa shape index (κ3) is 5.28. The fourth-order valence-corrected chi connectivity index (χ4v) is 2.65. The molecule has 0 unspecified atom stereocenters. The molecule has 0 radical (unpaired) electrons. The molecule has 0 saturated carbocycles. The van der Waals surface area contributed by atoms with Gasteiger partial charge in [0.1, 0.15) is 6.17 Å². The van der Waals surface area contributed by atoms with Crippen molar-refractivity contribution in [3.8, 4) is 0 Å². The highest BCUT2D eigenvalue weighted by atomic mass is 79.9. The number of rotatable bonds is 4. The highest BCUT2D eigenvalue weighted by Gasteiger charge is 2.34. The van der Waals surface area contributed by atoms with E-state index in [-0.39, 0.29) is 5.91 Å². The summed E-state index contributed by atoms with van der Waals surface area (Å²) in [6.07, 6.45) is -0.890. The lowest BCUT2D eigenvalue weighted by Gasteiger charge is -2.28. The second kappa shape index (κ2) is 7.96. The van der Waals surface area contributed by atoms with Gasteiger partial charge in [0.15, 0.2) is 0 Å². The van der Waals surface area contributed by atoms with Crippen molar-refractivity contribution in [1.29, 1.82) is 0 Å². The Labute approximate surface area is 164 Å². The summed E-state index contributed by atoms with van der Waals surface area (Å²) in [5, 5.41) is 5.83. The molecule has 0 bridgehead atoms. The van der Waals surface area contributed by atoms with Crippen LogP contribution in [0.2, 0.25) is 0 Å². The Morgan fingerprint density at radius 2 is 1.71 bits per heavy atom. The number of aryl methyl sites for hydroxylation is 2. The number of halogens is 4. The van der Waals surface area contributed by atoms with Gasteiger partial charge in [-0.1, -0.05) is 62.9 Å². The van der Waals surface area contributed by atoms with Crippen LogP contribution in [0.15, 0.2) is 46.9 Å². The Bertz CT molecular complexity index is 730. The van der Waals surface area contributed by atoms with Crippen LogP contribution in [0.1, 0.15) is 21.5 Å². The number of hydrogen-bond acceptors (Lipinski definition) is 2. The fourth-order valence-electron chi connectivity index (χ4n) is 2.06. The van der Waals surface area contributed by atoms with Crippen molar-refractivity contribution in [3.63, 3.8) is 0 Å².